The normalized spacial score (nSPS) is 15.9. The van der Waals surface area contributed by atoms with E-state index in [4.69, 9.17) is 0 Å². The Hall–Kier alpha value is -2.74. The van der Waals surface area contributed by atoms with Gasteiger partial charge in [0.15, 0.2) is 0 Å². The zero-order valence-electron chi connectivity index (χ0n) is 12.3. The molecule has 1 aromatic rings. The smallest absolute Gasteiger partial charge is 0.369 e. The first-order valence-corrected chi connectivity index (χ1v) is 6.62. The summed E-state index contributed by atoms with van der Waals surface area (Å²) in [7, 11) is 3.89. The van der Waals surface area contributed by atoms with E-state index in [9.17, 15) is 14.9 Å². The molecule has 0 unspecified atom stereocenters. The fraction of sp³-hybridized carbons (Fsp3) is 0.286. The fourth-order valence-corrected chi connectivity index (χ4v) is 1.82. The molecule has 2 rings (SSSR count). The number of oxime groups is 1. The number of nitrogens with zero attached hydrogens (tertiary/aromatic N) is 3. The summed E-state index contributed by atoms with van der Waals surface area (Å²) < 4.78 is 0. The van der Waals surface area contributed by atoms with Gasteiger partial charge in [-0.3, -0.25) is 10.1 Å². The molecule has 116 valence electrons. The number of hydrogen-bond donors (Lipinski definition) is 1. The lowest BCUT2D eigenvalue weighted by Crippen LogP contribution is -2.24. The highest BCUT2D eigenvalue weighted by atomic mass is 16.7. The highest BCUT2D eigenvalue weighted by Crippen LogP contribution is 2.20. The summed E-state index contributed by atoms with van der Waals surface area (Å²) >= 11 is 0. The van der Waals surface area contributed by atoms with Crippen LogP contribution >= 0.6 is 0 Å². The number of rotatable bonds is 6. The molecule has 0 aliphatic carbocycles. The minimum absolute atomic E-state index is 0.0239. The minimum atomic E-state index is -0.550. The van der Waals surface area contributed by atoms with Gasteiger partial charge in [0.1, 0.15) is 11.3 Å². The van der Waals surface area contributed by atoms with Gasteiger partial charge in [0.2, 0.25) is 0 Å². The van der Waals surface area contributed by atoms with Gasteiger partial charge in [-0.25, -0.2) is 4.79 Å². The number of carbonyl (C=O) groups excluding carboxylic acids is 1. The summed E-state index contributed by atoms with van der Waals surface area (Å²) in [6.45, 7) is 1.47. The Morgan fingerprint density at radius 3 is 2.64 bits per heavy atom. The van der Waals surface area contributed by atoms with E-state index in [-0.39, 0.29) is 5.69 Å². The summed E-state index contributed by atoms with van der Waals surface area (Å²) in [5.74, 6) is -0.550. The molecule has 0 atom stereocenters. The Bertz CT molecular complexity index is 635. The Balaban J connectivity index is 2.13. The van der Waals surface area contributed by atoms with Crippen molar-refractivity contribution in [1.82, 2.24) is 10.2 Å². The Kier molecular flexibility index (Phi) is 4.84. The van der Waals surface area contributed by atoms with Crippen molar-refractivity contribution in [3.63, 3.8) is 0 Å². The highest BCUT2D eigenvalue weighted by Gasteiger charge is 2.27. The molecule has 0 radical (unpaired) electrons. The second-order valence-electron chi connectivity index (χ2n) is 4.94. The van der Waals surface area contributed by atoms with Crippen LogP contribution in [0.2, 0.25) is 0 Å². The molecule has 0 spiro atoms. The van der Waals surface area contributed by atoms with E-state index in [1.165, 1.54) is 24.3 Å². The molecule has 0 aromatic heterocycles. The van der Waals surface area contributed by atoms with Gasteiger partial charge >= 0.3 is 5.97 Å². The second kappa shape index (κ2) is 6.81. The lowest BCUT2D eigenvalue weighted by molar-refractivity contribution is -0.384. The SMILES string of the molecule is CN(C)CCNC=C1C(=O)ON=C1c1ccc([N+](=O)[O-])cc1. The summed E-state index contributed by atoms with van der Waals surface area (Å²) in [6.07, 6.45) is 1.55. The summed E-state index contributed by atoms with van der Waals surface area (Å²) in [5, 5.41) is 17.4. The fourth-order valence-electron chi connectivity index (χ4n) is 1.82. The van der Waals surface area contributed by atoms with Crippen LogP contribution in [-0.2, 0) is 9.63 Å². The third-order valence-corrected chi connectivity index (χ3v) is 3.00. The maximum atomic E-state index is 11.7. The van der Waals surface area contributed by atoms with E-state index < -0.39 is 10.9 Å². The van der Waals surface area contributed by atoms with Crippen LogP contribution in [0.4, 0.5) is 5.69 Å². The quantitative estimate of drug-likeness (QED) is 0.276. The lowest BCUT2D eigenvalue weighted by atomic mass is 10.0. The van der Waals surface area contributed by atoms with Crippen LogP contribution in [0.1, 0.15) is 5.56 Å². The van der Waals surface area contributed by atoms with Crippen LogP contribution in [-0.4, -0.2) is 48.7 Å². The molecule has 1 heterocycles. The Morgan fingerprint density at radius 2 is 2.05 bits per heavy atom. The molecule has 0 amide bonds. The molecule has 1 aromatic carbocycles. The van der Waals surface area contributed by atoms with Crippen LogP contribution in [0, 0.1) is 10.1 Å². The topological polar surface area (TPSA) is 97.1 Å². The monoisotopic (exact) mass is 304 g/mol. The first kappa shape index (κ1) is 15.6. The van der Waals surface area contributed by atoms with Crippen LogP contribution in [0.5, 0.6) is 0 Å². The number of likely N-dealkylation sites (N-methyl/N-ethyl adjacent to an activating group) is 1. The predicted molar refractivity (Wildman–Crippen MR) is 80.4 cm³/mol. The molecular weight excluding hydrogens is 288 g/mol. The zero-order chi connectivity index (χ0) is 16.1. The predicted octanol–water partition coefficient (Wildman–Crippen LogP) is 0.891. The van der Waals surface area contributed by atoms with Crippen molar-refractivity contribution in [3.8, 4) is 0 Å². The van der Waals surface area contributed by atoms with Gasteiger partial charge in [-0.05, 0) is 26.2 Å². The summed E-state index contributed by atoms with van der Waals surface area (Å²) in [6, 6.07) is 5.79. The van der Waals surface area contributed by atoms with E-state index in [0.29, 0.717) is 23.4 Å². The standard InChI is InChI=1S/C14H16N4O4/c1-17(2)8-7-15-9-12-13(16-22-14(12)19)10-3-5-11(6-4-10)18(20)21/h3-6,9,15H,7-8H2,1-2H3. The second-order valence-corrected chi connectivity index (χ2v) is 4.94. The molecule has 1 N–H and O–H groups in total. The van der Waals surface area contributed by atoms with Crippen molar-refractivity contribution in [2.24, 2.45) is 5.16 Å². The molecular formula is C14H16N4O4. The Morgan fingerprint density at radius 1 is 1.36 bits per heavy atom. The van der Waals surface area contributed by atoms with Crippen LogP contribution in [0.15, 0.2) is 41.2 Å². The summed E-state index contributed by atoms with van der Waals surface area (Å²) in [4.78, 5) is 28.6. The molecule has 0 fully saturated rings. The molecule has 1 aliphatic rings. The number of nitro groups is 1. The van der Waals surface area contributed by atoms with E-state index >= 15 is 0 Å². The molecule has 8 heteroatoms. The van der Waals surface area contributed by atoms with Gasteiger partial charge in [0.05, 0.1) is 4.92 Å². The van der Waals surface area contributed by atoms with E-state index in [1.54, 1.807) is 6.20 Å². The highest BCUT2D eigenvalue weighted by molar-refractivity contribution is 6.28. The van der Waals surface area contributed by atoms with Crippen molar-refractivity contribution in [3.05, 3.63) is 51.7 Å². The van der Waals surface area contributed by atoms with Gasteiger partial charge in [-0.15, -0.1) is 0 Å². The third kappa shape index (κ3) is 3.67. The molecule has 0 saturated carbocycles. The van der Waals surface area contributed by atoms with E-state index in [2.05, 4.69) is 15.3 Å². The van der Waals surface area contributed by atoms with Crippen LogP contribution in [0.25, 0.3) is 0 Å². The van der Waals surface area contributed by atoms with Gasteiger partial charge in [-0.2, -0.15) is 0 Å². The first-order valence-electron chi connectivity index (χ1n) is 6.62. The average Bonchev–Trinajstić information content (AvgIpc) is 2.84. The van der Waals surface area contributed by atoms with Crippen molar-refractivity contribution in [2.75, 3.05) is 27.2 Å². The van der Waals surface area contributed by atoms with Crippen LogP contribution in [0.3, 0.4) is 0 Å². The maximum absolute atomic E-state index is 11.7. The van der Waals surface area contributed by atoms with Crippen molar-refractivity contribution >= 4 is 17.4 Å². The first-order chi connectivity index (χ1) is 10.5. The average molecular weight is 304 g/mol. The van der Waals surface area contributed by atoms with Crippen LogP contribution < -0.4 is 5.32 Å². The van der Waals surface area contributed by atoms with E-state index in [1.807, 2.05) is 19.0 Å². The lowest BCUT2D eigenvalue weighted by Gasteiger charge is -2.09. The van der Waals surface area contributed by atoms with Crippen molar-refractivity contribution in [1.29, 1.82) is 0 Å². The van der Waals surface area contributed by atoms with Crippen molar-refractivity contribution in [2.45, 2.75) is 0 Å². The van der Waals surface area contributed by atoms with Gasteiger partial charge in [0, 0.05) is 37.0 Å². The number of non-ortho nitro benzene ring substituents is 1. The van der Waals surface area contributed by atoms with Gasteiger partial charge in [0.25, 0.3) is 5.69 Å². The third-order valence-electron chi connectivity index (χ3n) is 3.00. The number of benzene rings is 1. The molecule has 22 heavy (non-hydrogen) atoms. The van der Waals surface area contributed by atoms with E-state index in [0.717, 1.165) is 6.54 Å². The zero-order valence-corrected chi connectivity index (χ0v) is 12.3. The molecule has 0 saturated heterocycles. The Labute approximate surface area is 127 Å². The molecule has 0 bridgehead atoms. The summed E-state index contributed by atoms with van der Waals surface area (Å²) in [5.41, 5.74) is 1.21. The largest absolute Gasteiger partial charge is 0.389 e. The molecule has 1 aliphatic heterocycles. The number of hydrogen-bond acceptors (Lipinski definition) is 7. The number of nitrogens with one attached hydrogen (secondary N) is 1. The number of nitro benzene ring substituents is 1. The van der Waals surface area contributed by atoms with Gasteiger partial charge < -0.3 is 15.1 Å². The minimum Gasteiger partial charge on any atom is -0.389 e. The molecule has 8 nitrogen and oxygen atoms in total. The van der Waals surface area contributed by atoms with Crippen molar-refractivity contribution < 1.29 is 14.6 Å². The number of carbonyl (C=O) groups is 1. The van der Waals surface area contributed by atoms with Gasteiger partial charge in [-0.1, -0.05) is 5.16 Å². The maximum Gasteiger partial charge on any atom is 0.369 e.